The summed E-state index contributed by atoms with van der Waals surface area (Å²) in [5.41, 5.74) is 1.87. The third kappa shape index (κ3) is 2.82. The van der Waals surface area contributed by atoms with Crippen LogP contribution in [0.15, 0.2) is 24.3 Å². The highest BCUT2D eigenvalue weighted by Gasteiger charge is 2.11. The van der Waals surface area contributed by atoms with E-state index in [0.717, 1.165) is 0 Å². The van der Waals surface area contributed by atoms with Crippen LogP contribution in [0, 0.1) is 5.92 Å². The first-order valence-electron chi connectivity index (χ1n) is 5.24. The van der Waals surface area contributed by atoms with E-state index >= 15 is 0 Å². The fraction of sp³-hybridized carbons (Fsp3) is 0.462. The van der Waals surface area contributed by atoms with Gasteiger partial charge in [0.2, 0.25) is 0 Å². The Kier molecular flexibility index (Phi) is 3.89. The zero-order valence-corrected chi connectivity index (χ0v) is 9.78. The van der Waals surface area contributed by atoms with Crippen LogP contribution >= 0.6 is 0 Å². The van der Waals surface area contributed by atoms with Gasteiger partial charge in [-0.15, -0.1) is 0 Å². The monoisotopic (exact) mass is 206 g/mol. The molecule has 0 bridgehead atoms. The lowest BCUT2D eigenvalue weighted by Crippen LogP contribution is -2.04. The minimum Gasteiger partial charge on any atom is -0.465 e. The Bertz CT molecular complexity index is 325. The van der Waals surface area contributed by atoms with E-state index in [1.54, 1.807) is 0 Å². The molecule has 1 aromatic rings. The molecule has 0 spiro atoms. The lowest BCUT2D eigenvalue weighted by molar-refractivity contribution is 0.0600. The highest BCUT2D eigenvalue weighted by molar-refractivity contribution is 5.89. The Labute approximate surface area is 91.3 Å². The Morgan fingerprint density at radius 1 is 1.13 bits per heavy atom. The second-order valence-electron chi connectivity index (χ2n) is 4.15. The van der Waals surface area contributed by atoms with Crippen molar-refractivity contribution in [3.8, 4) is 0 Å². The van der Waals surface area contributed by atoms with Crippen LogP contribution in [0.3, 0.4) is 0 Å². The normalized spacial score (nSPS) is 12.6. The largest absolute Gasteiger partial charge is 0.465 e. The molecule has 0 N–H and O–H groups in total. The van der Waals surface area contributed by atoms with E-state index < -0.39 is 0 Å². The van der Waals surface area contributed by atoms with Gasteiger partial charge in [-0.3, -0.25) is 0 Å². The molecule has 1 rings (SSSR count). The Balaban J connectivity index is 2.85. The summed E-state index contributed by atoms with van der Waals surface area (Å²) in [6.07, 6.45) is 0. The number of ether oxygens (including phenoxy) is 1. The van der Waals surface area contributed by atoms with E-state index in [9.17, 15) is 4.79 Å². The first-order valence-corrected chi connectivity index (χ1v) is 5.24. The van der Waals surface area contributed by atoms with E-state index in [-0.39, 0.29) is 5.97 Å². The van der Waals surface area contributed by atoms with E-state index in [2.05, 4.69) is 25.5 Å². The van der Waals surface area contributed by atoms with Crippen LogP contribution in [0.5, 0.6) is 0 Å². The lowest BCUT2D eigenvalue weighted by atomic mass is 9.90. The molecule has 0 aliphatic rings. The minimum atomic E-state index is -0.279. The number of hydrogen-bond donors (Lipinski definition) is 0. The number of rotatable bonds is 3. The molecule has 15 heavy (non-hydrogen) atoms. The van der Waals surface area contributed by atoms with Gasteiger partial charge in [0, 0.05) is 0 Å². The van der Waals surface area contributed by atoms with Crippen molar-refractivity contribution in [1.82, 2.24) is 0 Å². The number of esters is 1. The molecule has 0 amide bonds. The van der Waals surface area contributed by atoms with Gasteiger partial charge in [-0.1, -0.05) is 32.9 Å². The number of carbonyl (C=O) groups excluding carboxylic acids is 1. The van der Waals surface area contributed by atoms with Gasteiger partial charge in [-0.25, -0.2) is 4.79 Å². The third-order valence-electron chi connectivity index (χ3n) is 2.86. The number of carbonyl (C=O) groups is 1. The standard InChI is InChI=1S/C13H18O2/c1-9(2)10(3)11-5-7-12(8-6-11)13(14)15-4/h5-10H,1-4H3/t10-/m0/s1. The maximum Gasteiger partial charge on any atom is 0.337 e. The SMILES string of the molecule is COC(=O)c1ccc([C@@H](C)C(C)C)cc1. The molecule has 0 fully saturated rings. The van der Waals surface area contributed by atoms with Gasteiger partial charge in [-0.05, 0) is 29.5 Å². The highest BCUT2D eigenvalue weighted by atomic mass is 16.5. The molecule has 2 heteroatoms. The molecule has 0 saturated carbocycles. The Morgan fingerprint density at radius 2 is 1.67 bits per heavy atom. The molecular weight excluding hydrogens is 188 g/mol. The lowest BCUT2D eigenvalue weighted by Gasteiger charge is -2.15. The van der Waals surface area contributed by atoms with Gasteiger partial charge in [0.15, 0.2) is 0 Å². The predicted octanol–water partition coefficient (Wildman–Crippen LogP) is 3.23. The number of benzene rings is 1. The van der Waals surface area contributed by atoms with Crippen LogP contribution in [0.4, 0.5) is 0 Å². The molecule has 1 atom stereocenters. The molecule has 0 radical (unpaired) electrons. The summed E-state index contributed by atoms with van der Waals surface area (Å²) in [5, 5.41) is 0. The number of methoxy groups -OCH3 is 1. The van der Waals surface area contributed by atoms with Crippen molar-refractivity contribution in [2.45, 2.75) is 26.7 Å². The molecule has 1 aromatic carbocycles. The Morgan fingerprint density at radius 3 is 2.07 bits per heavy atom. The molecule has 2 nitrogen and oxygen atoms in total. The van der Waals surface area contributed by atoms with Crippen LogP contribution in [0.25, 0.3) is 0 Å². The minimum absolute atomic E-state index is 0.279. The summed E-state index contributed by atoms with van der Waals surface area (Å²) in [7, 11) is 1.40. The maximum absolute atomic E-state index is 11.2. The molecule has 0 aromatic heterocycles. The van der Waals surface area contributed by atoms with Crippen molar-refractivity contribution in [2.75, 3.05) is 7.11 Å². The molecule has 0 heterocycles. The van der Waals surface area contributed by atoms with Crippen molar-refractivity contribution in [3.05, 3.63) is 35.4 Å². The molecule has 0 aliphatic heterocycles. The second-order valence-corrected chi connectivity index (χ2v) is 4.15. The molecular formula is C13H18O2. The zero-order valence-electron chi connectivity index (χ0n) is 9.78. The Hall–Kier alpha value is -1.31. The molecule has 0 saturated heterocycles. The summed E-state index contributed by atoms with van der Waals surface area (Å²) in [4.78, 5) is 11.2. The smallest absolute Gasteiger partial charge is 0.337 e. The van der Waals surface area contributed by atoms with Crippen molar-refractivity contribution in [1.29, 1.82) is 0 Å². The molecule has 82 valence electrons. The average molecular weight is 206 g/mol. The average Bonchev–Trinajstić information content (AvgIpc) is 2.27. The van der Waals surface area contributed by atoms with E-state index in [4.69, 9.17) is 0 Å². The topological polar surface area (TPSA) is 26.3 Å². The molecule has 0 unspecified atom stereocenters. The second kappa shape index (κ2) is 4.96. The van der Waals surface area contributed by atoms with Crippen LogP contribution in [0.2, 0.25) is 0 Å². The fourth-order valence-electron chi connectivity index (χ4n) is 1.43. The third-order valence-corrected chi connectivity index (χ3v) is 2.86. The van der Waals surface area contributed by atoms with Crippen molar-refractivity contribution in [3.63, 3.8) is 0 Å². The van der Waals surface area contributed by atoms with Gasteiger partial charge >= 0.3 is 5.97 Å². The van der Waals surface area contributed by atoms with Gasteiger partial charge in [0.05, 0.1) is 12.7 Å². The zero-order chi connectivity index (χ0) is 11.4. The number of hydrogen-bond acceptors (Lipinski definition) is 2. The van der Waals surface area contributed by atoms with Gasteiger partial charge < -0.3 is 4.74 Å². The van der Waals surface area contributed by atoms with E-state index in [1.165, 1.54) is 12.7 Å². The summed E-state index contributed by atoms with van der Waals surface area (Å²) in [6, 6.07) is 7.63. The van der Waals surface area contributed by atoms with E-state index in [1.807, 2.05) is 24.3 Å². The molecule has 0 aliphatic carbocycles. The first-order chi connectivity index (χ1) is 7.06. The summed E-state index contributed by atoms with van der Waals surface area (Å²) in [6.45, 7) is 6.58. The quantitative estimate of drug-likeness (QED) is 0.710. The van der Waals surface area contributed by atoms with Gasteiger partial charge in [-0.2, -0.15) is 0 Å². The summed E-state index contributed by atoms with van der Waals surface area (Å²) in [5.74, 6) is 0.837. The fourth-order valence-corrected chi connectivity index (χ4v) is 1.43. The maximum atomic E-state index is 11.2. The predicted molar refractivity (Wildman–Crippen MR) is 61.0 cm³/mol. The van der Waals surface area contributed by atoms with Crippen LogP contribution < -0.4 is 0 Å². The van der Waals surface area contributed by atoms with Crippen molar-refractivity contribution in [2.24, 2.45) is 5.92 Å². The summed E-state index contributed by atoms with van der Waals surface area (Å²) < 4.78 is 4.65. The highest BCUT2D eigenvalue weighted by Crippen LogP contribution is 2.23. The van der Waals surface area contributed by atoms with Crippen molar-refractivity contribution < 1.29 is 9.53 Å². The summed E-state index contributed by atoms with van der Waals surface area (Å²) >= 11 is 0. The first kappa shape index (κ1) is 11.8. The van der Waals surface area contributed by atoms with E-state index in [0.29, 0.717) is 17.4 Å². The van der Waals surface area contributed by atoms with Crippen LogP contribution in [-0.4, -0.2) is 13.1 Å². The van der Waals surface area contributed by atoms with Gasteiger partial charge in [0.1, 0.15) is 0 Å². The van der Waals surface area contributed by atoms with Crippen LogP contribution in [0.1, 0.15) is 42.6 Å². The van der Waals surface area contributed by atoms with Gasteiger partial charge in [0.25, 0.3) is 0 Å². The van der Waals surface area contributed by atoms with Crippen molar-refractivity contribution >= 4 is 5.97 Å². The van der Waals surface area contributed by atoms with Crippen LogP contribution in [-0.2, 0) is 4.74 Å².